The molecule has 110 valence electrons. The molecule has 0 unspecified atom stereocenters. The largest absolute Gasteiger partial charge is 0.481 e. The maximum absolute atomic E-state index is 12.4. The first-order valence-corrected chi connectivity index (χ1v) is 8.81. The summed E-state index contributed by atoms with van der Waals surface area (Å²) in [5.41, 5.74) is -0.0492. The highest BCUT2D eigenvalue weighted by atomic mass is 79.9. The van der Waals surface area contributed by atoms with Crippen molar-refractivity contribution in [2.75, 3.05) is 0 Å². The second-order valence-corrected chi connectivity index (χ2v) is 8.85. The van der Waals surface area contributed by atoms with E-state index in [0.717, 1.165) is 39.7 Å². The van der Waals surface area contributed by atoms with Crippen LogP contribution < -0.4 is 5.32 Å². The molecule has 1 aliphatic carbocycles. The lowest BCUT2D eigenvalue weighted by molar-refractivity contribution is -0.139. The summed E-state index contributed by atoms with van der Waals surface area (Å²) in [5.74, 6) is -1.07. The van der Waals surface area contributed by atoms with E-state index in [0.29, 0.717) is 5.56 Å². The molecule has 1 fully saturated rings. The fourth-order valence-corrected chi connectivity index (χ4v) is 5.46. The molecular weight excluding hydrogens is 410 g/mol. The molecule has 0 saturated heterocycles. The average Bonchev–Trinajstić information content (AvgIpc) is 2.68. The third-order valence-electron chi connectivity index (χ3n) is 3.58. The Bertz CT molecular complexity index is 524. The molecule has 4 nitrogen and oxygen atoms in total. The van der Waals surface area contributed by atoms with Crippen LogP contribution in [0.1, 0.15) is 48.9 Å². The van der Waals surface area contributed by atoms with Gasteiger partial charge in [0.15, 0.2) is 0 Å². The van der Waals surface area contributed by atoms with Crippen LogP contribution in [0.15, 0.2) is 13.6 Å². The molecule has 1 aliphatic rings. The summed E-state index contributed by atoms with van der Waals surface area (Å²) in [7, 11) is 0. The van der Waals surface area contributed by atoms with Gasteiger partial charge >= 0.3 is 5.97 Å². The van der Waals surface area contributed by atoms with Crippen LogP contribution >= 0.6 is 43.2 Å². The molecule has 1 amide bonds. The van der Waals surface area contributed by atoms with Gasteiger partial charge in [-0.15, -0.1) is 11.3 Å². The zero-order chi connectivity index (χ0) is 14.8. The quantitative estimate of drug-likeness (QED) is 0.761. The molecule has 0 bridgehead atoms. The van der Waals surface area contributed by atoms with Crippen molar-refractivity contribution in [2.45, 2.75) is 44.1 Å². The number of hydrogen-bond donors (Lipinski definition) is 2. The monoisotopic (exact) mass is 423 g/mol. The van der Waals surface area contributed by atoms with Crippen molar-refractivity contribution >= 4 is 55.1 Å². The highest BCUT2D eigenvalue weighted by molar-refractivity contribution is 9.12. The summed E-state index contributed by atoms with van der Waals surface area (Å²) in [6.07, 6.45) is 4.47. The van der Waals surface area contributed by atoms with Crippen LogP contribution in [0.25, 0.3) is 0 Å². The minimum absolute atomic E-state index is 0.0122. The van der Waals surface area contributed by atoms with Crippen LogP contribution in [0.3, 0.4) is 0 Å². The number of amides is 1. The second kappa shape index (κ2) is 6.58. The fourth-order valence-electron chi connectivity index (χ4n) is 2.67. The number of carboxylic acid groups (broad SMARTS) is 1. The Balaban J connectivity index is 2.17. The highest BCUT2D eigenvalue weighted by Crippen LogP contribution is 2.34. The molecule has 20 heavy (non-hydrogen) atoms. The average molecular weight is 425 g/mol. The molecule has 0 aromatic carbocycles. The second-order valence-electron chi connectivity index (χ2n) is 5.10. The van der Waals surface area contributed by atoms with Crippen molar-refractivity contribution < 1.29 is 14.7 Å². The van der Waals surface area contributed by atoms with Gasteiger partial charge in [-0.2, -0.15) is 0 Å². The highest BCUT2D eigenvalue weighted by Gasteiger charge is 2.36. The predicted molar refractivity (Wildman–Crippen MR) is 85.3 cm³/mol. The van der Waals surface area contributed by atoms with E-state index in [9.17, 15) is 9.59 Å². The molecule has 0 aliphatic heterocycles. The van der Waals surface area contributed by atoms with Gasteiger partial charge in [0, 0.05) is 0 Å². The number of halogens is 2. The van der Waals surface area contributed by atoms with E-state index in [1.165, 1.54) is 11.3 Å². The lowest BCUT2D eigenvalue weighted by Gasteiger charge is -2.37. The molecular formula is C13H15Br2NO3S. The van der Waals surface area contributed by atoms with Gasteiger partial charge in [0.05, 0.1) is 25.1 Å². The smallest absolute Gasteiger partial charge is 0.305 e. The Kier molecular flexibility index (Phi) is 5.25. The summed E-state index contributed by atoms with van der Waals surface area (Å²) >= 11 is 8.14. The third-order valence-corrected chi connectivity index (χ3v) is 5.92. The summed E-state index contributed by atoms with van der Waals surface area (Å²) in [6, 6.07) is 1.75. The van der Waals surface area contributed by atoms with Crippen molar-refractivity contribution in [3.63, 3.8) is 0 Å². The number of aliphatic carboxylic acids is 1. The molecule has 0 radical (unpaired) electrons. The van der Waals surface area contributed by atoms with Crippen molar-refractivity contribution in [3.05, 3.63) is 19.2 Å². The van der Waals surface area contributed by atoms with E-state index in [4.69, 9.17) is 5.11 Å². The zero-order valence-corrected chi connectivity index (χ0v) is 14.7. The van der Waals surface area contributed by atoms with Crippen LogP contribution in [-0.4, -0.2) is 22.5 Å². The molecule has 0 atom stereocenters. The Morgan fingerprint density at radius 2 is 1.95 bits per heavy atom. The Morgan fingerprint density at radius 3 is 2.45 bits per heavy atom. The minimum Gasteiger partial charge on any atom is -0.481 e. The number of carbonyl (C=O) groups excluding carboxylic acids is 1. The van der Waals surface area contributed by atoms with Gasteiger partial charge in [-0.05, 0) is 50.8 Å². The molecule has 1 saturated carbocycles. The first-order chi connectivity index (χ1) is 9.42. The fraction of sp³-hybridized carbons (Fsp3) is 0.538. The maximum atomic E-state index is 12.4. The van der Waals surface area contributed by atoms with Crippen molar-refractivity contribution in [1.82, 2.24) is 5.32 Å². The number of thiophene rings is 1. The molecule has 1 aromatic heterocycles. The minimum atomic E-state index is -0.863. The Labute approximate surface area is 138 Å². The van der Waals surface area contributed by atoms with Crippen LogP contribution in [0.4, 0.5) is 0 Å². The molecule has 1 heterocycles. The number of nitrogens with one attached hydrogen (secondary N) is 1. The molecule has 0 spiro atoms. The molecule has 2 N–H and O–H groups in total. The lowest BCUT2D eigenvalue weighted by atomic mass is 9.79. The van der Waals surface area contributed by atoms with Crippen molar-refractivity contribution in [1.29, 1.82) is 0 Å². The first kappa shape index (κ1) is 16.0. The Morgan fingerprint density at radius 1 is 1.30 bits per heavy atom. The topological polar surface area (TPSA) is 66.4 Å². The number of hydrogen-bond acceptors (Lipinski definition) is 3. The van der Waals surface area contributed by atoms with Gasteiger partial charge in [0.1, 0.15) is 0 Å². The van der Waals surface area contributed by atoms with E-state index in [1.807, 2.05) is 0 Å². The number of rotatable bonds is 4. The standard InChI is InChI=1S/C13H15Br2NO3S/c14-9-6-8(11(15)20-9)12(19)16-13(7-10(17)18)4-2-1-3-5-13/h6H,1-5,7H2,(H,16,19)(H,17,18). The van der Waals surface area contributed by atoms with E-state index >= 15 is 0 Å². The number of carboxylic acids is 1. The normalized spacial score (nSPS) is 17.7. The molecule has 1 aromatic rings. The van der Waals surface area contributed by atoms with Gasteiger partial charge in [-0.3, -0.25) is 9.59 Å². The van der Waals surface area contributed by atoms with Crippen LogP contribution in [-0.2, 0) is 4.79 Å². The van der Waals surface area contributed by atoms with Gasteiger partial charge in [0.2, 0.25) is 0 Å². The van der Waals surface area contributed by atoms with Crippen molar-refractivity contribution in [3.8, 4) is 0 Å². The van der Waals surface area contributed by atoms with Crippen LogP contribution in [0, 0.1) is 0 Å². The van der Waals surface area contributed by atoms with Gasteiger partial charge < -0.3 is 10.4 Å². The van der Waals surface area contributed by atoms with E-state index < -0.39 is 11.5 Å². The van der Waals surface area contributed by atoms with E-state index in [-0.39, 0.29) is 12.3 Å². The summed E-state index contributed by atoms with van der Waals surface area (Å²) in [6.45, 7) is 0. The van der Waals surface area contributed by atoms with Gasteiger partial charge in [-0.25, -0.2) is 0 Å². The molecule has 7 heteroatoms. The van der Waals surface area contributed by atoms with Gasteiger partial charge in [-0.1, -0.05) is 19.3 Å². The van der Waals surface area contributed by atoms with E-state index in [2.05, 4.69) is 37.2 Å². The maximum Gasteiger partial charge on any atom is 0.305 e. The number of carbonyl (C=O) groups is 2. The lowest BCUT2D eigenvalue weighted by Crippen LogP contribution is -2.51. The summed E-state index contributed by atoms with van der Waals surface area (Å²) in [5, 5.41) is 12.1. The van der Waals surface area contributed by atoms with Gasteiger partial charge in [0.25, 0.3) is 5.91 Å². The van der Waals surface area contributed by atoms with E-state index in [1.54, 1.807) is 6.07 Å². The Hall–Kier alpha value is -0.400. The van der Waals surface area contributed by atoms with Crippen LogP contribution in [0.5, 0.6) is 0 Å². The SMILES string of the molecule is O=C(O)CC1(NC(=O)c2cc(Br)sc2Br)CCCCC1. The summed E-state index contributed by atoms with van der Waals surface area (Å²) < 4.78 is 1.62. The molecule has 2 rings (SSSR count). The van der Waals surface area contributed by atoms with Crippen molar-refractivity contribution in [2.24, 2.45) is 0 Å². The zero-order valence-electron chi connectivity index (χ0n) is 10.7. The first-order valence-electron chi connectivity index (χ1n) is 6.41. The predicted octanol–water partition coefficient (Wildman–Crippen LogP) is 4.18. The summed E-state index contributed by atoms with van der Waals surface area (Å²) in [4.78, 5) is 23.5. The van der Waals surface area contributed by atoms with Crippen LogP contribution in [0.2, 0.25) is 0 Å². The third kappa shape index (κ3) is 3.83.